The molecule has 2 aliphatic rings. The molecule has 27 heavy (non-hydrogen) atoms. The highest BCUT2D eigenvalue weighted by Crippen LogP contribution is 2.35. The van der Waals surface area contributed by atoms with Crippen LogP contribution in [0.5, 0.6) is 5.75 Å². The molecule has 1 aromatic rings. The number of fused-ring (bicyclic) bond motifs is 2. The van der Waals surface area contributed by atoms with Crippen molar-refractivity contribution < 1.29 is 28.2 Å². The van der Waals surface area contributed by atoms with Crippen LogP contribution >= 0.6 is 0 Å². The van der Waals surface area contributed by atoms with Crippen molar-refractivity contribution in [2.24, 2.45) is 5.92 Å². The number of methoxy groups -OCH3 is 1. The smallest absolute Gasteiger partial charge is 0.410 e. The number of nitrogens with zero attached hydrogens (tertiary/aromatic N) is 1. The van der Waals surface area contributed by atoms with Crippen LogP contribution in [0.25, 0.3) is 0 Å². The number of ether oxygens (including phenoxy) is 3. The molecule has 7 heteroatoms. The maximum Gasteiger partial charge on any atom is 0.410 e. The first-order chi connectivity index (χ1) is 12.7. The van der Waals surface area contributed by atoms with Crippen molar-refractivity contribution in [3.8, 4) is 5.75 Å². The maximum absolute atomic E-state index is 14.0. The first-order valence-corrected chi connectivity index (χ1v) is 9.16. The highest BCUT2D eigenvalue weighted by molar-refractivity contribution is 5.98. The minimum absolute atomic E-state index is 0.108. The van der Waals surface area contributed by atoms with Crippen molar-refractivity contribution in [2.45, 2.75) is 51.3 Å². The van der Waals surface area contributed by atoms with Crippen molar-refractivity contribution >= 4 is 11.9 Å². The Labute approximate surface area is 158 Å². The zero-order valence-electron chi connectivity index (χ0n) is 16.2. The van der Waals surface area contributed by atoms with Gasteiger partial charge in [0.25, 0.3) is 0 Å². The number of Topliss-reactive ketones (excluding diaryl/α,β-unsaturated/α-hetero) is 1. The summed E-state index contributed by atoms with van der Waals surface area (Å²) in [5.74, 6) is -0.845. The summed E-state index contributed by atoms with van der Waals surface area (Å²) in [4.78, 5) is 27.2. The number of piperidine rings is 1. The van der Waals surface area contributed by atoms with E-state index in [1.807, 2.05) is 20.8 Å². The van der Waals surface area contributed by atoms with Crippen LogP contribution in [-0.2, 0) is 9.47 Å². The molecule has 148 valence electrons. The lowest BCUT2D eigenvalue weighted by Gasteiger charge is -2.47. The van der Waals surface area contributed by atoms with E-state index >= 15 is 0 Å². The Morgan fingerprint density at radius 3 is 2.33 bits per heavy atom. The number of morpholine rings is 1. The first kappa shape index (κ1) is 19.6. The topological polar surface area (TPSA) is 65.1 Å². The molecule has 0 N–H and O–H groups in total. The van der Waals surface area contributed by atoms with Gasteiger partial charge in [0.05, 0.1) is 32.4 Å². The van der Waals surface area contributed by atoms with Crippen molar-refractivity contribution in [2.75, 3.05) is 20.3 Å². The summed E-state index contributed by atoms with van der Waals surface area (Å²) in [5.41, 5.74) is -0.262. The van der Waals surface area contributed by atoms with Gasteiger partial charge in [-0.05, 0) is 51.8 Å². The molecule has 3 rings (SSSR count). The van der Waals surface area contributed by atoms with Gasteiger partial charge >= 0.3 is 6.09 Å². The minimum Gasteiger partial charge on any atom is -0.494 e. The summed E-state index contributed by atoms with van der Waals surface area (Å²) < 4.78 is 30.0. The number of ketones is 1. The monoisotopic (exact) mass is 379 g/mol. The van der Waals surface area contributed by atoms with Gasteiger partial charge in [-0.2, -0.15) is 0 Å². The molecular weight excluding hydrogens is 353 g/mol. The van der Waals surface area contributed by atoms with Gasteiger partial charge in [0.15, 0.2) is 17.3 Å². The zero-order chi connectivity index (χ0) is 19.8. The summed E-state index contributed by atoms with van der Waals surface area (Å²) >= 11 is 0. The normalized spacial score (nSPS) is 25.1. The van der Waals surface area contributed by atoms with E-state index in [4.69, 9.17) is 14.2 Å². The Hall–Kier alpha value is -2.15. The fraction of sp³-hybridized carbons (Fsp3) is 0.600. The first-order valence-electron chi connectivity index (χ1n) is 9.16. The van der Waals surface area contributed by atoms with Gasteiger partial charge in [-0.15, -0.1) is 0 Å². The van der Waals surface area contributed by atoms with Gasteiger partial charge in [0.2, 0.25) is 0 Å². The third kappa shape index (κ3) is 4.24. The number of halogens is 1. The molecule has 0 aromatic heterocycles. The van der Waals surface area contributed by atoms with Crippen molar-refractivity contribution in [1.29, 1.82) is 0 Å². The van der Waals surface area contributed by atoms with Crippen LogP contribution in [0.3, 0.4) is 0 Å². The van der Waals surface area contributed by atoms with E-state index in [9.17, 15) is 14.0 Å². The lowest BCUT2D eigenvalue weighted by Crippen LogP contribution is -2.60. The molecule has 1 aromatic carbocycles. The number of rotatable bonds is 3. The fourth-order valence-corrected chi connectivity index (χ4v) is 3.80. The SMILES string of the molecule is COc1ccc(C(=O)C2CC3COCC(C2)N3C(=O)OC(C)(C)C)cc1F. The molecule has 0 saturated carbocycles. The van der Waals surface area contributed by atoms with E-state index in [1.54, 1.807) is 11.0 Å². The highest BCUT2D eigenvalue weighted by atomic mass is 19.1. The Kier molecular flexibility index (Phi) is 5.42. The molecule has 2 bridgehead atoms. The molecule has 2 saturated heterocycles. The third-order valence-electron chi connectivity index (χ3n) is 4.93. The Morgan fingerprint density at radius 1 is 1.19 bits per heavy atom. The molecule has 1 amide bonds. The Balaban J connectivity index is 1.75. The Morgan fingerprint density at radius 2 is 1.81 bits per heavy atom. The second-order valence-corrected chi connectivity index (χ2v) is 8.11. The van der Waals surface area contributed by atoms with Crippen LogP contribution < -0.4 is 4.74 Å². The zero-order valence-corrected chi connectivity index (χ0v) is 16.2. The van der Waals surface area contributed by atoms with Gasteiger partial charge in [-0.3, -0.25) is 9.69 Å². The average Bonchev–Trinajstić information content (AvgIpc) is 2.58. The number of carbonyl (C=O) groups excluding carboxylic acids is 2. The van der Waals surface area contributed by atoms with E-state index in [0.717, 1.165) is 0 Å². The van der Waals surface area contributed by atoms with Gasteiger partial charge in [-0.1, -0.05) is 0 Å². The van der Waals surface area contributed by atoms with Crippen molar-refractivity contribution in [3.63, 3.8) is 0 Å². The predicted molar refractivity (Wildman–Crippen MR) is 96.5 cm³/mol. The number of carbonyl (C=O) groups is 2. The molecule has 0 spiro atoms. The Bertz CT molecular complexity index is 716. The molecular formula is C20H26FNO5. The van der Waals surface area contributed by atoms with Crippen LogP contribution in [0.15, 0.2) is 18.2 Å². The lowest BCUT2D eigenvalue weighted by molar-refractivity contribution is -0.0861. The number of hydrogen-bond acceptors (Lipinski definition) is 5. The molecule has 0 aliphatic carbocycles. The summed E-state index contributed by atoms with van der Waals surface area (Å²) in [7, 11) is 1.38. The highest BCUT2D eigenvalue weighted by Gasteiger charge is 2.45. The van der Waals surface area contributed by atoms with E-state index < -0.39 is 11.4 Å². The van der Waals surface area contributed by atoms with Gasteiger partial charge < -0.3 is 14.2 Å². The number of benzene rings is 1. The maximum atomic E-state index is 14.0. The van der Waals surface area contributed by atoms with Gasteiger partial charge in [0, 0.05) is 11.5 Å². The molecule has 2 heterocycles. The van der Waals surface area contributed by atoms with E-state index in [-0.39, 0.29) is 35.6 Å². The summed E-state index contributed by atoms with van der Waals surface area (Å²) in [5, 5.41) is 0. The summed E-state index contributed by atoms with van der Waals surface area (Å²) in [6, 6.07) is 3.82. The summed E-state index contributed by atoms with van der Waals surface area (Å²) in [6.07, 6.45) is 0.576. The van der Waals surface area contributed by atoms with Crippen LogP contribution in [0.1, 0.15) is 44.0 Å². The van der Waals surface area contributed by atoms with Gasteiger partial charge in [0.1, 0.15) is 5.60 Å². The summed E-state index contributed by atoms with van der Waals surface area (Å²) in [6.45, 7) is 6.22. The standard InChI is InChI=1S/C20H26FNO5/c1-20(2,3)27-19(24)22-14-7-13(8-15(22)11-26-10-14)18(23)12-5-6-17(25-4)16(21)9-12/h5-6,9,13-15H,7-8,10-11H2,1-4H3. The third-order valence-corrected chi connectivity index (χ3v) is 4.93. The van der Waals surface area contributed by atoms with E-state index in [0.29, 0.717) is 31.6 Å². The largest absolute Gasteiger partial charge is 0.494 e. The average molecular weight is 379 g/mol. The van der Waals surface area contributed by atoms with E-state index in [2.05, 4.69) is 0 Å². The van der Waals surface area contributed by atoms with Crippen molar-refractivity contribution in [1.82, 2.24) is 4.90 Å². The lowest BCUT2D eigenvalue weighted by atomic mass is 9.81. The van der Waals surface area contributed by atoms with Crippen LogP contribution in [0.4, 0.5) is 9.18 Å². The fourth-order valence-electron chi connectivity index (χ4n) is 3.80. The van der Waals surface area contributed by atoms with Crippen LogP contribution in [-0.4, -0.2) is 54.8 Å². The molecule has 2 fully saturated rings. The van der Waals surface area contributed by atoms with Gasteiger partial charge in [-0.25, -0.2) is 9.18 Å². The molecule has 2 atom stereocenters. The van der Waals surface area contributed by atoms with Crippen LogP contribution in [0, 0.1) is 11.7 Å². The number of hydrogen-bond donors (Lipinski definition) is 0. The predicted octanol–water partition coefficient (Wildman–Crippen LogP) is 3.43. The van der Waals surface area contributed by atoms with Crippen LogP contribution in [0.2, 0.25) is 0 Å². The molecule has 2 unspecified atom stereocenters. The second-order valence-electron chi connectivity index (χ2n) is 8.11. The molecule has 6 nitrogen and oxygen atoms in total. The molecule has 2 aliphatic heterocycles. The van der Waals surface area contributed by atoms with Crippen molar-refractivity contribution in [3.05, 3.63) is 29.6 Å². The second kappa shape index (κ2) is 7.46. The molecule has 0 radical (unpaired) electrons. The quantitative estimate of drug-likeness (QED) is 0.753. The minimum atomic E-state index is -0.584. The number of amides is 1. The van der Waals surface area contributed by atoms with E-state index in [1.165, 1.54) is 19.2 Å².